The Morgan fingerprint density at radius 3 is 2.83 bits per heavy atom. The van der Waals surface area contributed by atoms with Crippen molar-refractivity contribution in [2.45, 2.75) is 44.8 Å². The van der Waals surface area contributed by atoms with Crippen LogP contribution in [0.5, 0.6) is 0 Å². The summed E-state index contributed by atoms with van der Waals surface area (Å²) in [7, 11) is 0. The summed E-state index contributed by atoms with van der Waals surface area (Å²) in [5.74, 6) is -0.0593. The van der Waals surface area contributed by atoms with Crippen LogP contribution in [0.3, 0.4) is 0 Å². The predicted octanol–water partition coefficient (Wildman–Crippen LogP) is 2.23. The number of hydrogen-bond donors (Lipinski definition) is 1. The van der Waals surface area contributed by atoms with E-state index < -0.39 is 5.97 Å². The first-order valence-electron chi connectivity index (χ1n) is 6.69. The summed E-state index contributed by atoms with van der Waals surface area (Å²) in [6, 6.07) is 0. The van der Waals surface area contributed by atoms with Gasteiger partial charge in [-0.05, 0) is 31.9 Å². The maximum atomic E-state index is 12.2. The number of carbonyl (C=O) groups excluding carboxylic acids is 1. The molecule has 2 atom stereocenters. The number of rotatable bonds is 6. The zero-order valence-corrected chi connectivity index (χ0v) is 12.0. The maximum Gasteiger partial charge on any atom is 0.308 e. The molecular weight excluding hydrogens is 250 g/mol. The Hall–Kier alpha value is -0.710. The first-order valence-corrected chi connectivity index (χ1v) is 7.74. The first-order chi connectivity index (χ1) is 8.56. The SMILES string of the molecule is CCCCSC(C)C(=O)N1CCCC(C(=O)O)C1. The van der Waals surface area contributed by atoms with Crippen molar-refractivity contribution in [2.75, 3.05) is 18.8 Å². The summed E-state index contributed by atoms with van der Waals surface area (Å²) < 4.78 is 0. The van der Waals surface area contributed by atoms with Crippen LogP contribution in [0.25, 0.3) is 0 Å². The van der Waals surface area contributed by atoms with Crippen molar-refractivity contribution < 1.29 is 14.7 Å². The van der Waals surface area contributed by atoms with E-state index in [4.69, 9.17) is 5.11 Å². The number of likely N-dealkylation sites (tertiary alicyclic amines) is 1. The summed E-state index contributed by atoms with van der Waals surface area (Å²) in [5.41, 5.74) is 0. The summed E-state index contributed by atoms with van der Waals surface area (Å²) in [6.07, 6.45) is 3.75. The average molecular weight is 273 g/mol. The standard InChI is InChI=1S/C13H23NO3S/c1-3-4-8-18-10(2)12(15)14-7-5-6-11(9-14)13(16)17/h10-11H,3-9H2,1-2H3,(H,16,17). The number of nitrogens with zero attached hydrogens (tertiary/aromatic N) is 1. The van der Waals surface area contributed by atoms with Gasteiger partial charge in [-0.2, -0.15) is 0 Å². The van der Waals surface area contributed by atoms with Crippen LogP contribution in [0.15, 0.2) is 0 Å². The van der Waals surface area contributed by atoms with E-state index in [0.29, 0.717) is 19.5 Å². The molecule has 0 aromatic heterocycles. The van der Waals surface area contributed by atoms with Gasteiger partial charge in [0, 0.05) is 13.1 Å². The molecule has 0 spiro atoms. The van der Waals surface area contributed by atoms with Crippen LogP contribution < -0.4 is 0 Å². The molecule has 4 nitrogen and oxygen atoms in total. The third-order valence-electron chi connectivity index (χ3n) is 3.30. The van der Waals surface area contributed by atoms with Crippen LogP contribution in [0.4, 0.5) is 0 Å². The van der Waals surface area contributed by atoms with Gasteiger partial charge in [0.05, 0.1) is 11.2 Å². The number of unbranched alkanes of at least 4 members (excludes halogenated alkanes) is 1. The molecule has 0 aliphatic carbocycles. The number of thioether (sulfide) groups is 1. The van der Waals surface area contributed by atoms with Gasteiger partial charge in [0.15, 0.2) is 0 Å². The molecule has 5 heteroatoms. The minimum absolute atomic E-state index is 0.0518. The summed E-state index contributed by atoms with van der Waals surface area (Å²) in [4.78, 5) is 24.9. The van der Waals surface area contributed by atoms with Crippen molar-refractivity contribution in [3.8, 4) is 0 Å². The predicted molar refractivity (Wildman–Crippen MR) is 73.8 cm³/mol. The molecule has 0 aromatic carbocycles. The Kier molecular flexibility index (Phi) is 6.54. The Labute approximate surface area is 113 Å². The van der Waals surface area contributed by atoms with Crippen molar-refractivity contribution in [1.29, 1.82) is 0 Å². The van der Waals surface area contributed by atoms with Gasteiger partial charge in [-0.15, -0.1) is 11.8 Å². The van der Waals surface area contributed by atoms with Gasteiger partial charge in [-0.1, -0.05) is 13.3 Å². The molecule has 1 rings (SSSR count). The number of carboxylic acid groups (broad SMARTS) is 1. The van der Waals surface area contributed by atoms with Crippen LogP contribution >= 0.6 is 11.8 Å². The number of carboxylic acids is 1. The van der Waals surface area contributed by atoms with Crippen molar-refractivity contribution in [1.82, 2.24) is 4.90 Å². The monoisotopic (exact) mass is 273 g/mol. The molecule has 0 saturated carbocycles. The second-order valence-electron chi connectivity index (χ2n) is 4.83. The Bertz CT molecular complexity index is 296. The number of amides is 1. The second kappa shape index (κ2) is 7.67. The molecular formula is C13H23NO3S. The van der Waals surface area contributed by atoms with Gasteiger partial charge in [0.25, 0.3) is 0 Å². The molecule has 1 saturated heterocycles. The normalized spacial score (nSPS) is 21.7. The molecule has 0 radical (unpaired) electrons. The van der Waals surface area contributed by atoms with Crippen LogP contribution in [-0.4, -0.2) is 46.0 Å². The van der Waals surface area contributed by atoms with E-state index in [9.17, 15) is 9.59 Å². The van der Waals surface area contributed by atoms with E-state index in [-0.39, 0.29) is 17.1 Å². The average Bonchev–Trinajstić information content (AvgIpc) is 2.38. The Balaban J connectivity index is 2.42. The van der Waals surface area contributed by atoms with E-state index in [1.165, 1.54) is 0 Å². The largest absolute Gasteiger partial charge is 0.481 e. The van der Waals surface area contributed by atoms with Gasteiger partial charge in [-0.3, -0.25) is 9.59 Å². The van der Waals surface area contributed by atoms with Crippen molar-refractivity contribution in [3.63, 3.8) is 0 Å². The van der Waals surface area contributed by atoms with Crippen LogP contribution in [0, 0.1) is 5.92 Å². The highest BCUT2D eigenvalue weighted by atomic mass is 32.2. The molecule has 0 aromatic rings. The molecule has 1 N–H and O–H groups in total. The maximum absolute atomic E-state index is 12.2. The fourth-order valence-electron chi connectivity index (χ4n) is 2.11. The molecule has 2 unspecified atom stereocenters. The molecule has 1 heterocycles. The third-order valence-corrected chi connectivity index (χ3v) is 4.52. The zero-order chi connectivity index (χ0) is 13.5. The second-order valence-corrected chi connectivity index (χ2v) is 6.28. The molecule has 1 amide bonds. The zero-order valence-electron chi connectivity index (χ0n) is 11.2. The number of piperidine rings is 1. The number of carbonyl (C=O) groups is 2. The minimum Gasteiger partial charge on any atom is -0.481 e. The third kappa shape index (κ3) is 4.52. The number of aliphatic carboxylic acids is 1. The summed E-state index contributed by atoms with van der Waals surface area (Å²) >= 11 is 1.67. The van der Waals surface area contributed by atoms with E-state index in [2.05, 4.69) is 6.92 Å². The van der Waals surface area contributed by atoms with E-state index in [0.717, 1.165) is 25.0 Å². The lowest BCUT2D eigenvalue weighted by atomic mass is 9.98. The fraction of sp³-hybridized carbons (Fsp3) is 0.846. The highest BCUT2D eigenvalue weighted by molar-refractivity contribution is 8.00. The lowest BCUT2D eigenvalue weighted by molar-refractivity contribution is -0.145. The highest BCUT2D eigenvalue weighted by Crippen LogP contribution is 2.21. The van der Waals surface area contributed by atoms with Crippen molar-refractivity contribution in [3.05, 3.63) is 0 Å². The summed E-state index contributed by atoms with van der Waals surface area (Å²) in [6.45, 7) is 5.15. The van der Waals surface area contributed by atoms with Gasteiger partial charge in [0.2, 0.25) is 5.91 Å². The molecule has 18 heavy (non-hydrogen) atoms. The Morgan fingerprint density at radius 2 is 2.22 bits per heavy atom. The molecule has 1 fully saturated rings. The van der Waals surface area contributed by atoms with Crippen molar-refractivity contribution in [2.24, 2.45) is 5.92 Å². The fourth-order valence-corrected chi connectivity index (χ4v) is 3.21. The van der Waals surface area contributed by atoms with Gasteiger partial charge in [0.1, 0.15) is 0 Å². The Morgan fingerprint density at radius 1 is 1.50 bits per heavy atom. The van der Waals surface area contributed by atoms with Crippen LogP contribution in [0.1, 0.15) is 39.5 Å². The molecule has 104 valence electrons. The minimum atomic E-state index is -0.779. The van der Waals surface area contributed by atoms with E-state index >= 15 is 0 Å². The highest BCUT2D eigenvalue weighted by Gasteiger charge is 2.30. The molecule has 1 aliphatic rings. The van der Waals surface area contributed by atoms with E-state index in [1.54, 1.807) is 16.7 Å². The van der Waals surface area contributed by atoms with E-state index in [1.807, 2.05) is 6.92 Å². The smallest absolute Gasteiger partial charge is 0.308 e. The lowest BCUT2D eigenvalue weighted by Gasteiger charge is -2.32. The first kappa shape index (κ1) is 15.3. The quantitative estimate of drug-likeness (QED) is 0.754. The number of hydrogen-bond acceptors (Lipinski definition) is 3. The molecule has 0 bridgehead atoms. The molecule has 1 aliphatic heterocycles. The van der Waals surface area contributed by atoms with Gasteiger partial charge >= 0.3 is 5.97 Å². The van der Waals surface area contributed by atoms with Gasteiger partial charge < -0.3 is 10.0 Å². The van der Waals surface area contributed by atoms with Gasteiger partial charge in [-0.25, -0.2) is 0 Å². The summed E-state index contributed by atoms with van der Waals surface area (Å²) in [5, 5.41) is 8.95. The van der Waals surface area contributed by atoms with Crippen molar-refractivity contribution >= 4 is 23.6 Å². The lowest BCUT2D eigenvalue weighted by Crippen LogP contribution is -2.45. The topological polar surface area (TPSA) is 57.6 Å². The van der Waals surface area contributed by atoms with Crippen LogP contribution in [0.2, 0.25) is 0 Å². The van der Waals surface area contributed by atoms with Crippen LogP contribution in [-0.2, 0) is 9.59 Å².